The SMILES string of the molecule is C[C@H]1CN(C(=O)c2cn3nc(-c4ccc(F)cc4)cc(C(F)(F)F)c3n2)CCN1C(=O)OCC(C)(C)C.NC(=O)C1CCCCN1C(=O)c1cn2nc(-c3ccc(F)cc3)cc(C(F)(F)F)c2n1.O=C(c1cn2nc(-c3ccc(F)cc3)cc(C(F)(F)F)c2n1)N1CCC(n2cc(-c3ccccc3)[nH]c2=O)CC1.O=C(c1cn2nc(-c3ccc(F)cc3)cc(C(F)(F)F)c2n1)N1CCCCC1c1ccccn1. The Morgan fingerprint density at radius 1 is 0.415 bits per heavy atom. The molecule has 14 heterocycles. The summed E-state index contributed by atoms with van der Waals surface area (Å²) in [5, 5.41) is 16.7. The van der Waals surface area contributed by atoms with Gasteiger partial charge in [0.15, 0.2) is 22.6 Å². The number of primary amides is 1. The number of likely N-dealkylation sites (tertiary alicyclic amines) is 3. The van der Waals surface area contributed by atoms with E-state index in [-0.39, 0.29) is 124 Å². The fraction of sp³-hybridized carbons (Fsp3) is 0.299. The summed E-state index contributed by atoms with van der Waals surface area (Å²) in [6.45, 7) is 9.68. The lowest BCUT2D eigenvalue weighted by molar-refractivity contribution is -0.137. The predicted molar refractivity (Wildman–Crippen MR) is 481 cm³/mol. The third-order valence-corrected chi connectivity index (χ3v) is 24.0. The molecule has 2 unspecified atom stereocenters. The van der Waals surface area contributed by atoms with Crippen LogP contribution in [0.15, 0.2) is 212 Å². The molecule has 6 amide bonds. The van der Waals surface area contributed by atoms with Crippen molar-refractivity contribution in [2.24, 2.45) is 11.1 Å². The topological polar surface area (TPSA) is 325 Å². The van der Waals surface area contributed by atoms with Crippen LogP contribution in [0, 0.1) is 28.7 Å². The number of carbonyl (C=O) groups is 6. The number of carbonyl (C=O) groups excluding carboxylic acids is 6. The van der Waals surface area contributed by atoms with Gasteiger partial charge in [-0.05, 0) is 203 Å². The summed E-state index contributed by atoms with van der Waals surface area (Å²) in [5.74, 6) is -5.05. The molecule has 3 N–H and O–H groups in total. The molecule has 0 saturated carbocycles. The van der Waals surface area contributed by atoms with Crippen LogP contribution >= 0.6 is 0 Å². The number of nitrogens with zero attached hydrogens (tertiary/aromatic N) is 19. The van der Waals surface area contributed by atoms with Crippen LogP contribution in [0.3, 0.4) is 0 Å². The van der Waals surface area contributed by atoms with Gasteiger partial charge in [-0.25, -0.2) is 65.1 Å². The van der Waals surface area contributed by atoms with Crippen molar-refractivity contribution in [3.8, 4) is 56.3 Å². The zero-order valence-electron chi connectivity index (χ0n) is 75.6. The maximum Gasteiger partial charge on any atom is 0.420 e. The number of hydrogen-bond acceptors (Lipinski definition) is 17. The summed E-state index contributed by atoms with van der Waals surface area (Å²) >= 11 is 0. The van der Waals surface area contributed by atoms with Gasteiger partial charge in [-0.1, -0.05) is 57.2 Å². The van der Waals surface area contributed by atoms with Crippen LogP contribution in [0.4, 0.5) is 75.0 Å². The standard InChI is InChI=1S/C28H22F4N6O2.C25H27F4N5O3.C24H19F4N5O.C20H17F4N5O2/c29-19-8-6-18(7-9-19)22-14-21(28(30,31)32)25-33-24(16-38(25)35-22)26(39)36-12-10-20(11-13-36)37-15-23(34-27(37)40)17-4-2-1-3-5-17;1-15-12-32(9-10-33(15)23(36)37-14-24(2,3)4)22(35)20-13-34-21(30-20)18(25(27,28)29)11-19(31-34)16-5-7-17(26)8-6-16;25-16-9-7-15(8-10-16)19-13-17(24(26,27)28)22-30-20(14-33(22)31-19)23(34)32-12-4-2-6-21(32)18-5-1-3-11-29-18;21-12-6-4-11(5-7-12)14-9-13(20(22,23)24)18-26-15(10-29(18)27-14)19(31)28-8-2-1-3-16(28)17(25)30/h1-9,14-16,20H,10-13H2,(H,34,40);5-8,11,13,15H,9-10,12,14H2,1-4H3;1,3,5,7-11,13-14,21H,2,4,6,12H2;4-7,9-10,16H,1-3,8H2,(H2,25,30)/t;15-;;/m.0../s1. The Bertz CT molecular complexity index is 7260. The highest BCUT2D eigenvalue weighted by molar-refractivity contribution is 5.97. The van der Waals surface area contributed by atoms with Crippen molar-refractivity contribution in [1.29, 1.82) is 0 Å². The molecule has 45 heteroatoms. The Morgan fingerprint density at radius 2 is 0.796 bits per heavy atom. The van der Waals surface area contributed by atoms with Gasteiger partial charge >= 0.3 is 36.5 Å². The van der Waals surface area contributed by atoms with Crippen LogP contribution in [0.2, 0.25) is 0 Å². The maximum absolute atomic E-state index is 13.9. The number of imidazole rings is 5. The van der Waals surface area contributed by atoms with Gasteiger partial charge in [0.25, 0.3) is 23.6 Å². The van der Waals surface area contributed by atoms with Crippen molar-refractivity contribution in [3.63, 3.8) is 0 Å². The third kappa shape index (κ3) is 22.2. The summed E-state index contributed by atoms with van der Waals surface area (Å²) in [6, 6.07) is 36.2. The summed E-state index contributed by atoms with van der Waals surface area (Å²) in [7, 11) is 0. The molecule has 0 aliphatic carbocycles. The van der Waals surface area contributed by atoms with Gasteiger partial charge in [-0.15, -0.1) is 0 Å². The Morgan fingerprint density at radius 3 is 1.18 bits per heavy atom. The van der Waals surface area contributed by atoms with E-state index in [9.17, 15) is 104 Å². The first kappa shape index (κ1) is 99.3. The summed E-state index contributed by atoms with van der Waals surface area (Å²) in [4.78, 5) is 120. The number of piperazine rings is 1. The minimum atomic E-state index is -4.77. The van der Waals surface area contributed by atoms with Crippen LogP contribution in [0.1, 0.15) is 161 Å². The minimum Gasteiger partial charge on any atom is -0.449 e. The van der Waals surface area contributed by atoms with Gasteiger partial charge in [-0.2, -0.15) is 73.1 Å². The number of piperidine rings is 3. The average Bonchev–Trinajstić information content (AvgIpc) is 1.62. The van der Waals surface area contributed by atoms with E-state index in [0.717, 1.165) is 127 Å². The molecule has 29 nitrogen and oxygen atoms in total. The molecule has 0 radical (unpaired) electrons. The number of benzene rings is 5. The zero-order valence-corrected chi connectivity index (χ0v) is 75.6. The number of aromatic amines is 1. The molecule has 4 aliphatic heterocycles. The number of alkyl halides is 12. The largest absolute Gasteiger partial charge is 0.449 e. The van der Waals surface area contributed by atoms with Crippen LogP contribution in [0.25, 0.3) is 78.9 Å². The smallest absolute Gasteiger partial charge is 0.420 e. The molecular weight excluding hydrogens is 1890 g/mol. The summed E-state index contributed by atoms with van der Waals surface area (Å²) < 4.78 is 230. The van der Waals surface area contributed by atoms with Crippen LogP contribution in [-0.4, -0.2) is 198 Å². The van der Waals surface area contributed by atoms with Crippen molar-refractivity contribution in [2.45, 2.75) is 128 Å². The van der Waals surface area contributed by atoms with E-state index in [1.165, 1.54) is 80.5 Å². The Kier molecular flexibility index (Phi) is 28.1. The second kappa shape index (κ2) is 40.2. The average molecular weight is 1980 g/mol. The molecule has 0 spiro atoms. The fourth-order valence-corrected chi connectivity index (χ4v) is 16.9. The molecule has 10 aromatic heterocycles. The molecule has 4 fully saturated rings. The van der Waals surface area contributed by atoms with Crippen molar-refractivity contribution in [1.82, 2.24) is 97.4 Å². The monoisotopic (exact) mass is 1980 g/mol. The molecule has 4 saturated heterocycles. The molecule has 738 valence electrons. The van der Waals surface area contributed by atoms with E-state index in [1.54, 1.807) is 34.9 Å². The van der Waals surface area contributed by atoms with Gasteiger partial charge in [-0.3, -0.25) is 33.5 Å². The minimum absolute atomic E-state index is 0.0134. The highest BCUT2D eigenvalue weighted by atomic mass is 19.4. The molecule has 5 aromatic carbocycles. The van der Waals surface area contributed by atoms with E-state index < -0.39 is 134 Å². The first-order valence-electron chi connectivity index (χ1n) is 44.5. The molecule has 142 heavy (non-hydrogen) atoms. The lowest BCUT2D eigenvalue weighted by atomic mass is 9.98. The summed E-state index contributed by atoms with van der Waals surface area (Å²) in [5.41, 5.74) is 1.17. The number of pyridine rings is 1. The van der Waals surface area contributed by atoms with Gasteiger partial charge in [0.1, 0.15) is 74.3 Å². The van der Waals surface area contributed by atoms with Crippen molar-refractivity contribution < 1.29 is 104 Å². The van der Waals surface area contributed by atoms with Gasteiger partial charge < -0.3 is 40.0 Å². The second-order valence-electron chi connectivity index (χ2n) is 35.2. The normalized spacial score (nSPS) is 16.3. The first-order chi connectivity index (χ1) is 67.3. The van der Waals surface area contributed by atoms with E-state index in [2.05, 4.69) is 50.3 Å². The Balaban J connectivity index is 0.000000137. The van der Waals surface area contributed by atoms with E-state index in [0.29, 0.717) is 69.4 Å². The summed E-state index contributed by atoms with van der Waals surface area (Å²) in [6.07, 6.45) is -6.34. The molecular formula is C97H85F16N21O8. The number of rotatable bonds is 13. The molecule has 3 atom stereocenters. The Labute approximate surface area is 795 Å². The molecule has 0 bridgehead atoms. The van der Waals surface area contributed by atoms with Crippen molar-refractivity contribution in [3.05, 3.63) is 292 Å². The number of halogens is 16. The fourth-order valence-electron chi connectivity index (χ4n) is 16.9. The van der Waals surface area contributed by atoms with E-state index in [4.69, 9.17) is 10.5 Å². The number of hydrogen-bond donors (Lipinski definition) is 2. The van der Waals surface area contributed by atoms with Gasteiger partial charge in [0.2, 0.25) is 5.91 Å². The van der Waals surface area contributed by atoms with E-state index >= 15 is 0 Å². The second-order valence-corrected chi connectivity index (χ2v) is 35.2. The van der Waals surface area contributed by atoms with Crippen LogP contribution in [-0.2, 0) is 34.2 Å². The van der Waals surface area contributed by atoms with Crippen molar-refractivity contribution in [2.75, 3.05) is 52.4 Å². The maximum atomic E-state index is 13.9. The van der Waals surface area contributed by atoms with Crippen LogP contribution < -0.4 is 11.4 Å². The lowest BCUT2D eigenvalue weighted by Crippen LogP contribution is -2.55. The van der Waals surface area contributed by atoms with Crippen molar-refractivity contribution >= 4 is 58.2 Å². The third-order valence-electron chi connectivity index (χ3n) is 24.0. The quantitative estimate of drug-likeness (QED) is 0.101. The highest BCUT2D eigenvalue weighted by Gasteiger charge is 2.43. The number of aromatic nitrogens is 15. The van der Waals surface area contributed by atoms with E-state index in [1.807, 2.05) is 63.2 Å². The Hall–Kier alpha value is -15.8. The number of amides is 6. The lowest BCUT2D eigenvalue weighted by Gasteiger charge is -2.39. The number of nitrogens with two attached hydrogens (primary N) is 1. The van der Waals surface area contributed by atoms with Crippen LogP contribution in [0.5, 0.6) is 0 Å². The first-order valence-corrected chi connectivity index (χ1v) is 44.5. The number of fused-ring (bicyclic) bond motifs is 4. The molecule has 4 aliphatic rings. The molecule has 19 rings (SSSR count). The number of nitrogens with one attached hydrogen (secondary N) is 1. The van der Waals surface area contributed by atoms with Gasteiger partial charge in [0.05, 0.1) is 71.6 Å². The molecule has 15 aromatic rings. The zero-order chi connectivity index (χ0) is 101. The number of ether oxygens (including phenoxy) is 1. The number of H-pyrrole nitrogens is 1. The van der Waals surface area contributed by atoms with Gasteiger partial charge in [0, 0.05) is 92.5 Å². The highest BCUT2D eigenvalue weighted by Crippen LogP contribution is 2.42. The predicted octanol–water partition coefficient (Wildman–Crippen LogP) is 18.4.